The molecule has 146 valence electrons. The number of carbonyl (C=O) groups excluding carboxylic acids is 1. The minimum absolute atomic E-state index is 0.0350. The van der Waals surface area contributed by atoms with Crippen molar-refractivity contribution in [1.29, 1.82) is 0 Å². The van der Waals surface area contributed by atoms with Crippen LogP contribution in [-0.2, 0) is 0 Å². The maximum absolute atomic E-state index is 13.1. The van der Waals surface area contributed by atoms with Crippen molar-refractivity contribution in [2.75, 3.05) is 45.2 Å². The maximum atomic E-state index is 13.1. The van der Waals surface area contributed by atoms with Crippen LogP contribution in [0.4, 0.5) is 5.82 Å². The highest BCUT2D eigenvalue weighted by atomic mass is 32.1. The molecule has 2 aromatic rings. The normalized spacial score (nSPS) is 19.6. The second kappa shape index (κ2) is 7.72. The summed E-state index contributed by atoms with van der Waals surface area (Å²) in [7, 11) is 3.94. The van der Waals surface area contributed by atoms with Crippen molar-refractivity contribution in [3.8, 4) is 0 Å². The summed E-state index contributed by atoms with van der Waals surface area (Å²) in [6.07, 6.45) is 6.72. The molecule has 0 aromatic carbocycles. The number of thiophene rings is 1. The summed E-state index contributed by atoms with van der Waals surface area (Å²) in [6, 6.07) is 0.720. The van der Waals surface area contributed by atoms with Crippen LogP contribution in [0.1, 0.15) is 47.6 Å². The van der Waals surface area contributed by atoms with Gasteiger partial charge in [-0.2, -0.15) is 0 Å². The van der Waals surface area contributed by atoms with Crippen LogP contribution in [0.3, 0.4) is 0 Å². The van der Waals surface area contributed by atoms with E-state index in [2.05, 4.69) is 21.8 Å². The predicted octanol–water partition coefficient (Wildman–Crippen LogP) is 3.16. The lowest BCUT2D eigenvalue weighted by Crippen LogP contribution is -2.52. The lowest BCUT2D eigenvalue weighted by Gasteiger charge is -2.40. The van der Waals surface area contributed by atoms with E-state index in [1.165, 1.54) is 37.0 Å². The summed E-state index contributed by atoms with van der Waals surface area (Å²) in [5.41, 5.74) is 0.875. The van der Waals surface area contributed by atoms with Crippen LogP contribution < -0.4 is 4.90 Å². The fourth-order valence-corrected chi connectivity index (χ4v) is 5.16. The van der Waals surface area contributed by atoms with Crippen LogP contribution in [0.5, 0.6) is 0 Å². The molecule has 1 aliphatic carbocycles. The number of hydrogen-bond acceptors (Lipinski definition) is 6. The van der Waals surface area contributed by atoms with E-state index < -0.39 is 0 Å². The predicted molar refractivity (Wildman–Crippen MR) is 111 cm³/mol. The van der Waals surface area contributed by atoms with Crippen LogP contribution in [0.2, 0.25) is 0 Å². The second-order valence-corrected chi connectivity index (χ2v) is 9.02. The Morgan fingerprint density at radius 3 is 2.48 bits per heavy atom. The first-order valence-electron chi connectivity index (χ1n) is 10.0. The van der Waals surface area contributed by atoms with E-state index in [4.69, 9.17) is 0 Å². The lowest BCUT2D eigenvalue weighted by atomic mass is 9.94. The fourth-order valence-electron chi connectivity index (χ4n) is 4.39. The van der Waals surface area contributed by atoms with Crippen LogP contribution in [0.15, 0.2) is 5.38 Å². The Bertz CT molecular complexity index is 819. The van der Waals surface area contributed by atoms with Gasteiger partial charge in [-0.25, -0.2) is 9.97 Å². The van der Waals surface area contributed by atoms with E-state index in [1.54, 1.807) is 11.3 Å². The average Bonchev–Trinajstić information content (AvgIpc) is 3.08. The molecule has 27 heavy (non-hydrogen) atoms. The molecule has 0 atom stereocenters. The van der Waals surface area contributed by atoms with Crippen LogP contribution in [-0.4, -0.2) is 72.0 Å². The number of piperazine rings is 1. The number of hydrogen-bond donors (Lipinski definition) is 0. The monoisotopic (exact) mass is 387 g/mol. The van der Waals surface area contributed by atoms with Crippen molar-refractivity contribution in [3.63, 3.8) is 0 Å². The molecule has 0 N–H and O–H groups in total. The largest absolute Gasteiger partial charge is 0.362 e. The first kappa shape index (κ1) is 18.6. The molecule has 2 aromatic heterocycles. The highest BCUT2D eigenvalue weighted by Gasteiger charge is 2.29. The molecule has 3 heterocycles. The maximum Gasteiger partial charge on any atom is 0.291 e. The molecular formula is C20H29N5OS. The van der Waals surface area contributed by atoms with Gasteiger partial charge in [0.05, 0.1) is 10.9 Å². The highest BCUT2D eigenvalue weighted by Crippen LogP contribution is 2.31. The van der Waals surface area contributed by atoms with E-state index in [-0.39, 0.29) is 5.91 Å². The molecule has 0 bridgehead atoms. The summed E-state index contributed by atoms with van der Waals surface area (Å²) >= 11 is 1.66. The molecule has 7 heteroatoms. The molecule has 0 spiro atoms. The molecule has 2 aliphatic rings. The molecule has 6 nitrogen and oxygen atoms in total. The van der Waals surface area contributed by atoms with E-state index >= 15 is 0 Å². The van der Waals surface area contributed by atoms with Crippen molar-refractivity contribution in [3.05, 3.63) is 16.1 Å². The van der Waals surface area contributed by atoms with Gasteiger partial charge in [0.2, 0.25) is 5.82 Å². The molecule has 1 saturated carbocycles. The van der Waals surface area contributed by atoms with Crippen LogP contribution in [0, 0.1) is 6.92 Å². The van der Waals surface area contributed by atoms with Gasteiger partial charge in [-0.3, -0.25) is 9.69 Å². The third kappa shape index (κ3) is 3.67. The van der Waals surface area contributed by atoms with Gasteiger partial charge < -0.3 is 9.80 Å². The summed E-state index contributed by atoms with van der Waals surface area (Å²) in [4.78, 5) is 30.0. The zero-order valence-corrected chi connectivity index (χ0v) is 17.4. The summed E-state index contributed by atoms with van der Waals surface area (Å²) in [5.74, 6) is 1.13. The number of fused-ring (bicyclic) bond motifs is 1. The number of nitrogens with zero attached hydrogens (tertiary/aromatic N) is 5. The number of amides is 1. The first-order valence-corrected chi connectivity index (χ1v) is 10.9. The summed E-state index contributed by atoms with van der Waals surface area (Å²) < 4.78 is 0. The topological polar surface area (TPSA) is 52.6 Å². The Morgan fingerprint density at radius 1 is 1.11 bits per heavy atom. The fraction of sp³-hybridized carbons (Fsp3) is 0.650. The smallest absolute Gasteiger partial charge is 0.291 e. The minimum atomic E-state index is -0.0350. The number of aryl methyl sites for hydroxylation is 1. The van der Waals surface area contributed by atoms with Gasteiger partial charge >= 0.3 is 0 Å². The zero-order valence-electron chi connectivity index (χ0n) is 16.6. The van der Waals surface area contributed by atoms with Gasteiger partial charge in [0.25, 0.3) is 5.91 Å². The molecule has 1 aliphatic heterocycles. The molecular weight excluding hydrogens is 358 g/mol. The molecule has 2 fully saturated rings. The Kier molecular flexibility index (Phi) is 5.32. The van der Waals surface area contributed by atoms with E-state index in [0.29, 0.717) is 5.82 Å². The second-order valence-electron chi connectivity index (χ2n) is 7.94. The molecule has 0 radical (unpaired) electrons. The number of anilines is 1. The summed E-state index contributed by atoms with van der Waals surface area (Å²) in [5, 5.41) is 3.08. The number of aromatic nitrogens is 2. The Labute approximate surface area is 165 Å². The molecule has 1 amide bonds. The Hall–Kier alpha value is -1.73. The van der Waals surface area contributed by atoms with Gasteiger partial charge in [-0.1, -0.05) is 19.3 Å². The number of carbonyl (C=O) groups is 1. The van der Waals surface area contributed by atoms with Gasteiger partial charge in [0.15, 0.2) is 0 Å². The number of rotatable bonds is 3. The van der Waals surface area contributed by atoms with E-state index in [1.807, 2.05) is 29.3 Å². The quantitative estimate of drug-likeness (QED) is 0.810. The van der Waals surface area contributed by atoms with Crippen molar-refractivity contribution < 1.29 is 4.79 Å². The summed E-state index contributed by atoms with van der Waals surface area (Å²) in [6.45, 7) is 5.57. The zero-order chi connectivity index (χ0) is 19.0. The van der Waals surface area contributed by atoms with E-state index in [0.717, 1.165) is 48.9 Å². The third-order valence-corrected chi connectivity index (χ3v) is 6.82. The van der Waals surface area contributed by atoms with Crippen LogP contribution >= 0.6 is 11.3 Å². The Balaban J connectivity index is 1.50. The van der Waals surface area contributed by atoms with Crippen LogP contribution in [0.25, 0.3) is 10.9 Å². The van der Waals surface area contributed by atoms with Gasteiger partial charge in [-0.15, -0.1) is 11.3 Å². The first-order chi connectivity index (χ1) is 13.0. The standard InChI is InChI=1S/C20H29N5OS/c1-14-17-16(13-27-14)21-18(22-19(17)23(2)3)20(26)25-11-9-24(10-12-25)15-7-5-4-6-8-15/h13,15H,4-12H2,1-3H3. The van der Waals surface area contributed by atoms with Crippen molar-refractivity contribution in [2.24, 2.45) is 0 Å². The molecule has 0 unspecified atom stereocenters. The van der Waals surface area contributed by atoms with Crippen molar-refractivity contribution in [1.82, 2.24) is 19.8 Å². The van der Waals surface area contributed by atoms with Gasteiger partial charge in [-0.05, 0) is 19.8 Å². The SMILES string of the molecule is Cc1scc2nc(C(=O)N3CCN(C4CCCCC4)CC3)nc(N(C)C)c12. The minimum Gasteiger partial charge on any atom is -0.362 e. The highest BCUT2D eigenvalue weighted by molar-refractivity contribution is 7.11. The molecule has 1 saturated heterocycles. The van der Waals surface area contributed by atoms with Gasteiger partial charge in [0.1, 0.15) is 5.82 Å². The lowest BCUT2D eigenvalue weighted by molar-refractivity contribution is 0.0513. The third-order valence-electron chi connectivity index (χ3n) is 5.92. The molecule has 4 rings (SSSR count). The van der Waals surface area contributed by atoms with E-state index in [9.17, 15) is 4.79 Å². The average molecular weight is 388 g/mol. The van der Waals surface area contributed by atoms with Crippen molar-refractivity contribution >= 4 is 34.0 Å². The van der Waals surface area contributed by atoms with Crippen molar-refractivity contribution in [2.45, 2.75) is 45.1 Å². The Morgan fingerprint density at radius 2 is 1.81 bits per heavy atom. The van der Waals surface area contributed by atoms with Gasteiger partial charge in [0, 0.05) is 56.6 Å².